The zero-order valence-corrected chi connectivity index (χ0v) is 10.2. The molecular formula is C14H14O4. The fraction of sp³-hybridized carbons (Fsp3) is 0.214. The number of hydrogen-bond donors (Lipinski definition) is 1. The van der Waals surface area contributed by atoms with Gasteiger partial charge in [0.15, 0.2) is 0 Å². The first-order valence-electron chi connectivity index (χ1n) is 5.25. The van der Waals surface area contributed by atoms with Gasteiger partial charge in [-0.15, -0.1) is 0 Å². The van der Waals surface area contributed by atoms with E-state index in [9.17, 15) is 9.90 Å². The van der Waals surface area contributed by atoms with E-state index in [1.165, 1.54) is 13.2 Å². The summed E-state index contributed by atoms with van der Waals surface area (Å²) in [7, 11) is 2.83. The van der Waals surface area contributed by atoms with E-state index in [2.05, 4.69) is 16.6 Å². The highest BCUT2D eigenvalue weighted by Gasteiger charge is 1.95. The van der Waals surface area contributed by atoms with Gasteiger partial charge in [0.05, 0.1) is 14.2 Å². The van der Waals surface area contributed by atoms with Crippen molar-refractivity contribution in [2.75, 3.05) is 14.2 Å². The third-order valence-electron chi connectivity index (χ3n) is 2.09. The Labute approximate surface area is 106 Å². The van der Waals surface area contributed by atoms with Gasteiger partial charge in [-0.05, 0) is 23.8 Å². The smallest absolute Gasteiger partial charge is 0.384 e. The molecule has 0 aliphatic carbocycles. The van der Waals surface area contributed by atoms with Crippen LogP contribution in [0.25, 0.3) is 6.08 Å². The number of aliphatic hydroxyl groups excluding tert-OH is 1. The van der Waals surface area contributed by atoms with Gasteiger partial charge in [-0.3, -0.25) is 0 Å². The first-order chi connectivity index (χ1) is 8.65. The number of aliphatic hydroxyl groups is 1. The summed E-state index contributed by atoms with van der Waals surface area (Å²) in [5.74, 6) is 4.59. The molecule has 0 aliphatic rings. The van der Waals surface area contributed by atoms with Crippen LogP contribution >= 0.6 is 0 Å². The molecule has 0 spiro atoms. The Morgan fingerprint density at radius 1 is 1.33 bits per heavy atom. The average Bonchev–Trinajstić information content (AvgIpc) is 2.42. The highest BCUT2D eigenvalue weighted by Crippen LogP contribution is 2.12. The first-order valence-corrected chi connectivity index (χ1v) is 5.25. The van der Waals surface area contributed by atoms with Gasteiger partial charge in [-0.2, -0.15) is 0 Å². The van der Waals surface area contributed by atoms with Gasteiger partial charge in [-0.25, -0.2) is 4.79 Å². The molecule has 1 aromatic rings. The van der Waals surface area contributed by atoms with Crippen LogP contribution in [0.1, 0.15) is 5.56 Å². The van der Waals surface area contributed by atoms with Crippen LogP contribution in [0.4, 0.5) is 0 Å². The molecule has 0 fully saturated rings. The fourth-order valence-corrected chi connectivity index (χ4v) is 1.15. The van der Waals surface area contributed by atoms with Gasteiger partial charge in [0, 0.05) is 5.92 Å². The molecule has 1 aromatic carbocycles. The van der Waals surface area contributed by atoms with Gasteiger partial charge in [0.25, 0.3) is 0 Å². The van der Waals surface area contributed by atoms with E-state index in [0.717, 1.165) is 11.3 Å². The molecular weight excluding hydrogens is 232 g/mol. The summed E-state index contributed by atoms with van der Waals surface area (Å²) in [6.07, 6.45) is 2.18. The molecule has 0 heterocycles. The summed E-state index contributed by atoms with van der Waals surface area (Å²) >= 11 is 0. The number of rotatable bonds is 3. The summed E-state index contributed by atoms with van der Waals surface area (Å²) in [6.45, 7) is 0. The molecule has 1 unspecified atom stereocenters. The molecule has 0 aromatic heterocycles. The van der Waals surface area contributed by atoms with Crippen LogP contribution in [0.5, 0.6) is 5.75 Å². The predicted octanol–water partition coefficient (Wildman–Crippen LogP) is 1.25. The van der Waals surface area contributed by atoms with Crippen molar-refractivity contribution in [1.82, 2.24) is 0 Å². The number of esters is 1. The highest BCUT2D eigenvalue weighted by molar-refractivity contribution is 5.88. The molecule has 0 bridgehead atoms. The SMILES string of the molecule is COC(=O)C#CC(O)/C=C/c1ccc(OC)cc1. The maximum atomic E-state index is 10.7. The molecule has 0 saturated heterocycles. The molecule has 0 radical (unpaired) electrons. The van der Waals surface area contributed by atoms with Crippen molar-refractivity contribution in [3.8, 4) is 17.6 Å². The molecule has 1 N–H and O–H groups in total. The Balaban J connectivity index is 2.61. The zero-order valence-electron chi connectivity index (χ0n) is 10.2. The Hall–Kier alpha value is -2.25. The van der Waals surface area contributed by atoms with Crippen molar-refractivity contribution < 1.29 is 19.4 Å². The van der Waals surface area contributed by atoms with E-state index in [1.807, 2.05) is 24.3 Å². The van der Waals surface area contributed by atoms with E-state index >= 15 is 0 Å². The summed E-state index contributed by atoms with van der Waals surface area (Å²) < 4.78 is 9.35. The first kappa shape index (κ1) is 13.8. The van der Waals surface area contributed by atoms with Crippen LogP contribution in [0, 0.1) is 11.8 Å². The maximum absolute atomic E-state index is 10.7. The van der Waals surface area contributed by atoms with Crippen LogP contribution < -0.4 is 4.74 Å². The third-order valence-corrected chi connectivity index (χ3v) is 2.09. The minimum atomic E-state index is -1.01. The summed E-state index contributed by atoms with van der Waals surface area (Å²) in [6, 6.07) is 7.31. The lowest BCUT2D eigenvalue weighted by molar-refractivity contribution is -0.133. The zero-order chi connectivity index (χ0) is 13.4. The van der Waals surface area contributed by atoms with Gasteiger partial charge in [0.2, 0.25) is 0 Å². The minimum Gasteiger partial charge on any atom is -0.497 e. The van der Waals surface area contributed by atoms with Crippen LogP contribution in [0.15, 0.2) is 30.3 Å². The summed E-state index contributed by atoms with van der Waals surface area (Å²) in [4.78, 5) is 10.7. The van der Waals surface area contributed by atoms with E-state index in [4.69, 9.17) is 4.74 Å². The van der Waals surface area contributed by atoms with Gasteiger partial charge in [-0.1, -0.05) is 24.1 Å². The number of methoxy groups -OCH3 is 2. The molecule has 1 rings (SSSR count). The van der Waals surface area contributed by atoms with Crippen LogP contribution in [-0.2, 0) is 9.53 Å². The van der Waals surface area contributed by atoms with Crippen LogP contribution in [-0.4, -0.2) is 31.4 Å². The topological polar surface area (TPSA) is 55.8 Å². The van der Waals surface area contributed by atoms with Crippen LogP contribution in [0.3, 0.4) is 0 Å². The van der Waals surface area contributed by atoms with Gasteiger partial charge >= 0.3 is 5.97 Å². The fourth-order valence-electron chi connectivity index (χ4n) is 1.15. The predicted molar refractivity (Wildman–Crippen MR) is 67.8 cm³/mol. The maximum Gasteiger partial charge on any atom is 0.384 e. The van der Waals surface area contributed by atoms with Crippen molar-refractivity contribution in [1.29, 1.82) is 0 Å². The van der Waals surface area contributed by atoms with Crippen molar-refractivity contribution >= 4 is 12.0 Å². The van der Waals surface area contributed by atoms with Crippen molar-refractivity contribution in [2.45, 2.75) is 6.10 Å². The number of hydrogen-bond acceptors (Lipinski definition) is 4. The largest absolute Gasteiger partial charge is 0.497 e. The Bertz CT molecular complexity index is 477. The van der Waals surface area contributed by atoms with Crippen molar-refractivity contribution in [3.63, 3.8) is 0 Å². The van der Waals surface area contributed by atoms with E-state index in [1.54, 1.807) is 13.2 Å². The molecule has 4 heteroatoms. The second-order valence-corrected chi connectivity index (χ2v) is 3.34. The Morgan fingerprint density at radius 3 is 2.56 bits per heavy atom. The van der Waals surface area contributed by atoms with E-state index < -0.39 is 12.1 Å². The number of ether oxygens (including phenoxy) is 2. The van der Waals surface area contributed by atoms with Crippen molar-refractivity contribution in [3.05, 3.63) is 35.9 Å². The number of benzene rings is 1. The Kier molecular flexibility index (Phi) is 5.49. The molecule has 94 valence electrons. The summed E-state index contributed by atoms with van der Waals surface area (Å²) in [5.41, 5.74) is 0.898. The average molecular weight is 246 g/mol. The van der Waals surface area contributed by atoms with Gasteiger partial charge in [0.1, 0.15) is 11.9 Å². The standard InChI is InChI=1S/C14H14O4/c1-17-13-8-4-11(5-9-13)3-6-12(15)7-10-14(16)18-2/h3-6,8-9,12,15H,1-2H3/b6-3+. The number of carbonyl (C=O) groups excluding carboxylic acids is 1. The molecule has 4 nitrogen and oxygen atoms in total. The molecule has 0 saturated carbocycles. The molecule has 1 atom stereocenters. The van der Waals surface area contributed by atoms with E-state index in [0.29, 0.717) is 0 Å². The summed E-state index contributed by atoms with van der Waals surface area (Å²) in [5, 5.41) is 9.46. The monoisotopic (exact) mass is 246 g/mol. The lowest BCUT2D eigenvalue weighted by Crippen LogP contribution is -2.00. The van der Waals surface area contributed by atoms with Crippen LogP contribution in [0.2, 0.25) is 0 Å². The second kappa shape index (κ2) is 7.15. The molecule has 0 amide bonds. The second-order valence-electron chi connectivity index (χ2n) is 3.34. The lowest BCUT2D eigenvalue weighted by atomic mass is 10.2. The normalized spacial score (nSPS) is 11.5. The quantitative estimate of drug-likeness (QED) is 0.495. The lowest BCUT2D eigenvalue weighted by Gasteiger charge is -1.99. The van der Waals surface area contributed by atoms with Gasteiger partial charge < -0.3 is 14.6 Å². The van der Waals surface area contributed by atoms with Crippen molar-refractivity contribution in [2.24, 2.45) is 0 Å². The number of carbonyl (C=O) groups is 1. The molecule has 18 heavy (non-hydrogen) atoms. The molecule has 0 aliphatic heterocycles. The highest BCUT2D eigenvalue weighted by atomic mass is 16.5. The minimum absolute atomic E-state index is 0.674. The Morgan fingerprint density at radius 2 is 2.00 bits per heavy atom. The van der Waals surface area contributed by atoms with E-state index in [-0.39, 0.29) is 0 Å². The third kappa shape index (κ3) is 4.73.